The largest absolute Gasteiger partial charge is 0.241 e. The highest BCUT2D eigenvalue weighted by Crippen LogP contribution is 2.13. The van der Waals surface area contributed by atoms with Gasteiger partial charge in [-0.25, -0.2) is 4.68 Å². The van der Waals surface area contributed by atoms with Gasteiger partial charge in [-0.05, 0) is 36.2 Å². The van der Waals surface area contributed by atoms with Crippen LogP contribution < -0.4 is 0 Å². The van der Waals surface area contributed by atoms with Crippen LogP contribution in [0.4, 0.5) is 0 Å². The molecule has 0 saturated carbocycles. The quantitative estimate of drug-likeness (QED) is 0.739. The maximum atomic E-state index is 5.80. The fourth-order valence-electron chi connectivity index (χ4n) is 1.28. The van der Waals surface area contributed by atoms with Crippen molar-refractivity contribution < 1.29 is 0 Å². The van der Waals surface area contributed by atoms with Crippen molar-refractivity contribution >= 4 is 11.6 Å². The van der Waals surface area contributed by atoms with E-state index in [1.165, 1.54) is 5.56 Å². The Balaban J connectivity index is 2.34. The first-order chi connectivity index (χ1) is 6.79. The first kappa shape index (κ1) is 9.28. The van der Waals surface area contributed by atoms with Gasteiger partial charge in [0.05, 0.1) is 11.9 Å². The summed E-state index contributed by atoms with van der Waals surface area (Å²) in [5, 5.41) is 5.01. The lowest BCUT2D eigenvalue weighted by Gasteiger charge is -1.99. The smallest absolute Gasteiger partial charge is 0.0646 e. The molecule has 14 heavy (non-hydrogen) atoms. The average molecular weight is 207 g/mol. The van der Waals surface area contributed by atoms with E-state index in [9.17, 15) is 0 Å². The van der Waals surface area contributed by atoms with E-state index in [2.05, 4.69) is 12.0 Å². The first-order valence-electron chi connectivity index (χ1n) is 4.59. The van der Waals surface area contributed by atoms with Gasteiger partial charge in [0.25, 0.3) is 0 Å². The lowest BCUT2D eigenvalue weighted by molar-refractivity contribution is 0.880. The van der Waals surface area contributed by atoms with Crippen molar-refractivity contribution in [2.75, 3.05) is 0 Å². The zero-order chi connectivity index (χ0) is 9.97. The summed E-state index contributed by atoms with van der Waals surface area (Å²) >= 11 is 5.80. The second kappa shape index (κ2) is 3.84. The third kappa shape index (κ3) is 1.80. The monoisotopic (exact) mass is 206 g/mol. The van der Waals surface area contributed by atoms with Crippen molar-refractivity contribution in [2.45, 2.75) is 13.3 Å². The van der Waals surface area contributed by atoms with Crippen molar-refractivity contribution in [3.05, 3.63) is 47.2 Å². The van der Waals surface area contributed by atoms with E-state index in [0.29, 0.717) is 0 Å². The molecule has 0 radical (unpaired) electrons. The highest BCUT2D eigenvalue weighted by atomic mass is 35.5. The van der Waals surface area contributed by atoms with E-state index < -0.39 is 0 Å². The minimum absolute atomic E-state index is 0.747. The molecule has 0 aliphatic carbocycles. The van der Waals surface area contributed by atoms with Crippen LogP contribution in [-0.4, -0.2) is 9.78 Å². The van der Waals surface area contributed by atoms with Crippen LogP contribution in [0.1, 0.15) is 12.5 Å². The maximum absolute atomic E-state index is 5.80. The molecule has 0 atom stereocenters. The number of aryl methyl sites for hydroxylation is 1. The lowest BCUT2D eigenvalue weighted by Crippen LogP contribution is -1.92. The molecule has 1 aromatic heterocycles. The Morgan fingerprint density at radius 3 is 2.57 bits per heavy atom. The summed E-state index contributed by atoms with van der Waals surface area (Å²) in [6.07, 6.45) is 4.92. The van der Waals surface area contributed by atoms with Crippen LogP contribution in [0.3, 0.4) is 0 Å². The molecule has 72 valence electrons. The van der Waals surface area contributed by atoms with Gasteiger partial charge in [0.1, 0.15) is 0 Å². The van der Waals surface area contributed by atoms with E-state index in [-0.39, 0.29) is 0 Å². The van der Waals surface area contributed by atoms with Crippen LogP contribution in [0.25, 0.3) is 5.69 Å². The molecule has 0 spiro atoms. The standard InChI is InChI=1S/C11H11ClN2/c1-2-9-7-13-14(8-9)11-5-3-10(12)4-6-11/h3-8H,2H2,1H3. The minimum Gasteiger partial charge on any atom is -0.241 e. The van der Waals surface area contributed by atoms with Crippen LogP contribution >= 0.6 is 11.6 Å². The zero-order valence-corrected chi connectivity index (χ0v) is 8.70. The highest BCUT2D eigenvalue weighted by molar-refractivity contribution is 6.30. The Hall–Kier alpha value is -1.28. The molecule has 0 aliphatic rings. The zero-order valence-electron chi connectivity index (χ0n) is 7.94. The number of aromatic nitrogens is 2. The fourth-order valence-corrected chi connectivity index (χ4v) is 1.40. The van der Waals surface area contributed by atoms with E-state index >= 15 is 0 Å². The second-order valence-corrected chi connectivity index (χ2v) is 3.56. The van der Waals surface area contributed by atoms with Crippen LogP contribution in [0.5, 0.6) is 0 Å². The molecule has 3 heteroatoms. The first-order valence-corrected chi connectivity index (χ1v) is 4.97. The number of nitrogens with zero attached hydrogens (tertiary/aromatic N) is 2. The van der Waals surface area contributed by atoms with E-state index in [0.717, 1.165) is 17.1 Å². The average Bonchev–Trinajstić information content (AvgIpc) is 2.67. The third-order valence-electron chi connectivity index (χ3n) is 2.14. The van der Waals surface area contributed by atoms with Gasteiger partial charge in [-0.15, -0.1) is 0 Å². The van der Waals surface area contributed by atoms with Gasteiger partial charge < -0.3 is 0 Å². The highest BCUT2D eigenvalue weighted by Gasteiger charge is 1.98. The Bertz CT molecular complexity index is 417. The van der Waals surface area contributed by atoms with Crippen molar-refractivity contribution in [1.82, 2.24) is 9.78 Å². The molecule has 2 nitrogen and oxygen atoms in total. The van der Waals surface area contributed by atoms with Gasteiger partial charge in [0, 0.05) is 11.2 Å². The van der Waals surface area contributed by atoms with Crippen LogP contribution in [0.2, 0.25) is 5.02 Å². The van der Waals surface area contributed by atoms with Gasteiger partial charge in [-0.2, -0.15) is 5.10 Å². The van der Waals surface area contributed by atoms with E-state index in [1.807, 2.05) is 41.3 Å². The van der Waals surface area contributed by atoms with Gasteiger partial charge in [-0.3, -0.25) is 0 Å². The molecule has 0 aliphatic heterocycles. The Labute approximate surface area is 88.1 Å². The van der Waals surface area contributed by atoms with Gasteiger partial charge in [0.2, 0.25) is 0 Å². The topological polar surface area (TPSA) is 17.8 Å². The molecular weight excluding hydrogens is 196 g/mol. The predicted octanol–water partition coefficient (Wildman–Crippen LogP) is 3.09. The summed E-state index contributed by atoms with van der Waals surface area (Å²) in [6, 6.07) is 7.64. The lowest BCUT2D eigenvalue weighted by atomic mass is 10.3. The molecule has 1 aromatic carbocycles. The fraction of sp³-hybridized carbons (Fsp3) is 0.182. The van der Waals surface area contributed by atoms with E-state index in [4.69, 9.17) is 11.6 Å². The Morgan fingerprint density at radius 2 is 2.00 bits per heavy atom. The minimum atomic E-state index is 0.747. The van der Waals surface area contributed by atoms with Crippen LogP contribution in [0, 0.1) is 0 Å². The Kier molecular flexibility index (Phi) is 2.55. The number of halogens is 1. The number of benzene rings is 1. The predicted molar refractivity (Wildman–Crippen MR) is 58.0 cm³/mol. The summed E-state index contributed by atoms with van der Waals surface area (Å²) in [7, 11) is 0. The summed E-state index contributed by atoms with van der Waals surface area (Å²) in [5.41, 5.74) is 2.27. The second-order valence-electron chi connectivity index (χ2n) is 3.12. The number of hydrogen-bond acceptors (Lipinski definition) is 1. The van der Waals surface area contributed by atoms with Gasteiger partial charge in [-0.1, -0.05) is 18.5 Å². The molecule has 0 saturated heterocycles. The summed E-state index contributed by atoms with van der Waals surface area (Å²) < 4.78 is 1.86. The molecule has 0 unspecified atom stereocenters. The molecule has 1 heterocycles. The molecule has 0 fully saturated rings. The summed E-state index contributed by atoms with van der Waals surface area (Å²) in [4.78, 5) is 0. The Morgan fingerprint density at radius 1 is 1.29 bits per heavy atom. The summed E-state index contributed by atoms with van der Waals surface area (Å²) in [6.45, 7) is 2.11. The number of hydrogen-bond donors (Lipinski definition) is 0. The number of rotatable bonds is 2. The van der Waals surface area contributed by atoms with Crippen LogP contribution in [-0.2, 0) is 6.42 Å². The molecule has 2 aromatic rings. The van der Waals surface area contributed by atoms with Crippen molar-refractivity contribution in [1.29, 1.82) is 0 Å². The van der Waals surface area contributed by atoms with Crippen molar-refractivity contribution in [3.8, 4) is 5.69 Å². The van der Waals surface area contributed by atoms with Crippen molar-refractivity contribution in [2.24, 2.45) is 0 Å². The van der Waals surface area contributed by atoms with Crippen LogP contribution in [0.15, 0.2) is 36.7 Å². The third-order valence-corrected chi connectivity index (χ3v) is 2.39. The van der Waals surface area contributed by atoms with Crippen molar-refractivity contribution in [3.63, 3.8) is 0 Å². The normalized spacial score (nSPS) is 10.4. The molecular formula is C11H11ClN2. The molecule has 2 rings (SSSR count). The molecule has 0 amide bonds. The molecule has 0 bridgehead atoms. The molecule has 0 N–H and O–H groups in total. The summed E-state index contributed by atoms with van der Waals surface area (Å²) in [5.74, 6) is 0. The van der Waals surface area contributed by atoms with Gasteiger partial charge in [0.15, 0.2) is 0 Å². The maximum Gasteiger partial charge on any atom is 0.0646 e. The SMILES string of the molecule is CCc1cnn(-c2ccc(Cl)cc2)c1. The van der Waals surface area contributed by atoms with E-state index in [1.54, 1.807) is 0 Å². The van der Waals surface area contributed by atoms with Gasteiger partial charge >= 0.3 is 0 Å².